The molecule has 0 amide bonds. The SMILES string of the molecule is CCc1ccc(CC(N)CCC(C)C)nc1. The lowest BCUT2D eigenvalue weighted by molar-refractivity contribution is 0.492. The number of pyridine rings is 1. The van der Waals surface area contributed by atoms with Gasteiger partial charge in [0, 0.05) is 24.4 Å². The highest BCUT2D eigenvalue weighted by atomic mass is 14.7. The molecular weight excluding hydrogens is 196 g/mol. The van der Waals surface area contributed by atoms with E-state index in [1.165, 1.54) is 12.0 Å². The third kappa shape index (κ3) is 4.75. The van der Waals surface area contributed by atoms with Gasteiger partial charge in [-0.15, -0.1) is 0 Å². The molecule has 1 unspecified atom stereocenters. The molecule has 0 bridgehead atoms. The first-order valence-corrected chi connectivity index (χ1v) is 6.31. The number of aromatic nitrogens is 1. The quantitative estimate of drug-likeness (QED) is 0.800. The van der Waals surface area contributed by atoms with Crippen molar-refractivity contribution in [3.05, 3.63) is 29.6 Å². The van der Waals surface area contributed by atoms with Gasteiger partial charge in [0.05, 0.1) is 0 Å². The Morgan fingerprint density at radius 3 is 2.50 bits per heavy atom. The van der Waals surface area contributed by atoms with Crippen LogP contribution in [0.15, 0.2) is 18.3 Å². The van der Waals surface area contributed by atoms with Crippen LogP contribution < -0.4 is 5.73 Å². The zero-order chi connectivity index (χ0) is 12.0. The highest BCUT2D eigenvalue weighted by Crippen LogP contribution is 2.09. The first-order chi connectivity index (χ1) is 7.61. The monoisotopic (exact) mass is 220 g/mol. The van der Waals surface area contributed by atoms with Gasteiger partial charge in [0.2, 0.25) is 0 Å². The first kappa shape index (κ1) is 13.2. The van der Waals surface area contributed by atoms with Gasteiger partial charge in [0.25, 0.3) is 0 Å². The van der Waals surface area contributed by atoms with E-state index in [1.54, 1.807) is 0 Å². The molecule has 0 aliphatic carbocycles. The third-order valence-electron chi connectivity index (χ3n) is 2.88. The average molecular weight is 220 g/mol. The standard InChI is InChI=1S/C14H24N2/c1-4-12-6-8-14(16-10-12)9-13(15)7-5-11(2)3/h6,8,10-11,13H,4-5,7,9,15H2,1-3H3. The Kier molecular flexibility index (Phi) is 5.47. The van der Waals surface area contributed by atoms with E-state index in [-0.39, 0.29) is 6.04 Å². The molecule has 0 spiro atoms. The summed E-state index contributed by atoms with van der Waals surface area (Å²) in [5, 5.41) is 0. The van der Waals surface area contributed by atoms with Crippen LogP contribution in [0.5, 0.6) is 0 Å². The summed E-state index contributed by atoms with van der Waals surface area (Å²) in [5.74, 6) is 0.737. The van der Waals surface area contributed by atoms with E-state index in [0.29, 0.717) is 0 Å². The highest BCUT2D eigenvalue weighted by Gasteiger charge is 2.06. The Bertz CT molecular complexity index is 290. The Morgan fingerprint density at radius 2 is 2.00 bits per heavy atom. The molecule has 90 valence electrons. The maximum atomic E-state index is 6.08. The molecule has 1 atom stereocenters. The Labute approximate surface area is 99.3 Å². The number of aryl methyl sites for hydroxylation is 1. The smallest absolute Gasteiger partial charge is 0.0419 e. The molecular formula is C14H24N2. The molecule has 16 heavy (non-hydrogen) atoms. The van der Waals surface area contributed by atoms with Crippen molar-refractivity contribution in [2.75, 3.05) is 0 Å². The van der Waals surface area contributed by atoms with Crippen molar-refractivity contribution in [3.8, 4) is 0 Å². The van der Waals surface area contributed by atoms with Gasteiger partial charge in [-0.2, -0.15) is 0 Å². The topological polar surface area (TPSA) is 38.9 Å². The van der Waals surface area contributed by atoms with Crippen LogP contribution in [0.1, 0.15) is 44.9 Å². The summed E-state index contributed by atoms with van der Waals surface area (Å²) in [6.45, 7) is 6.62. The molecule has 0 aliphatic rings. The van der Waals surface area contributed by atoms with Crippen LogP contribution >= 0.6 is 0 Å². The summed E-state index contributed by atoms with van der Waals surface area (Å²) in [7, 11) is 0. The maximum Gasteiger partial charge on any atom is 0.0419 e. The van der Waals surface area contributed by atoms with Crippen LogP contribution in [-0.2, 0) is 12.8 Å². The predicted octanol–water partition coefficient (Wildman–Crippen LogP) is 2.95. The van der Waals surface area contributed by atoms with E-state index in [2.05, 4.69) is 37.9 Å². The van der Waals surface area contributed by atoms with Crippen molar-refractivity contribution in [3.63, 3.8) is 0 Å². The molecule has 2 nitrogen and oxygen atoms in total. The van der Waals surface area contributed by atoms with Crippen molar-refractivity contribution in [1.29, 1.82) is 0 Å². The van der Waals surface area contributed by atoms with Gasteiger partial charge in [-0.1, -0.05) is 26.8 Å². The van der Waals surface area contributed by atoms with Crippen molar-refractivity contribution in [2.45, 2.75) is 52.5 Å². The molecule has 1 aromatic heterocycles. The lowest BCUT2D eigenvalue weighted by Gasteiger charge is -2.12. The van der Waals surface area contributed by atoms with Gasteiger partial charge >= 0.3 is 0 Å². The molecule has 0 aromatic carbocycles. The molecule has 0 aliphatic heterocycles. The van der Waals surface area contributed by atoms with Crippen LogP contribution in [0.4, 0.5) is 0 Å². The molecule has 1 heterocycles. The fraction of sp³-hybridized carbons (Fsp3) is 0.643. The van der Waals surface area contributed by atoms with Crippen molar-refractivity contribution >= 4 is 0 Å². The van der Waals surface area contributed by atoms with Crippen molar-refractivity contribution < 1.29 is 0 Å². The Hall–Kier alpha value is -0.890. The van der Waals surface area contributed by atoms with E-state index >= 15 is 0 Å². The molecule has 1 aromatic rings. The average Bonchev–Trinajstić information content (AvgIpc) is 2.27. The summed E-state index contributed by atoms with van der Waals surface area (Å²) in [5.41, 5.74) is 8.49. The second kappa shape index (κ2) is 6.64. The second-order valence-corrected chi connectivity index (χ2v) is 4.95. The molecule has 1 rings (SSSR count). The van der Waals surface area contributed by atoms with E-state index in [1.807, 2.05) is 6.20 Å². The van der Waals surface area contributed by atoms with Gasteiger partial charge in [0.15, 0.2) is 0 Å². The van der Waals surface area contributed by atoms with Crippen LogP contribution in [0.2, 0.25) is 0 Å². The van der Waals surface area contributed by atoms with E-state index < -0.39 is 0 Å². The van der Waals surface area contributed by atoms with Crippen LogP contribution in [0, 0.1) is 5.92 Å². The molecule has 0 saturated carbocycles. The Balaban J connectivity index is 2.40. The molecule has 2 heteroatoms. The maximum absolute atomic E-state index is 6.08. The lowest BCUT2D eigenvalue weighted by Crippen LogP contribution is -2.23. The largest absolute Gasteiger partial charge is 0.327 e. The summed E-state index contributed by atoms with van der Waals surface area (Å²) >= 11 is 0. The third-order valence-corrected chi connectivity index (χ3v) is 2.88. The minimum atomic E-state index is 0.252. The van der Waals surface area contributed by atoms with Crippen LogP contribution in [-0.4, -0.2) is 11.0 Å². The van der Waals surface area contributed by atoms with E-state index in [4.69, 9.17) is 5.73 Å². The summed E-state index contributed by atoms with van der Waals surface area (Å²) in [4.78, 5) is 4.44. The Morgan fingerprint density at radius 1 is 1.25 bits per heavy atom. The summed E-state index contributed by atoms with van der Waals surface area (Å²) < 4.78 is 0. The van der Waals surface area contributed by atoms with E-state index in [0.717, 1.165) is 30.9 Å². The highest BCUT2D eigenvalue weighted by molar-refractivity contribution is 5.14. The van der Waals surface area contributed by atoms with Gasteiger partial charge in [-0.25, -0.2) is 0 Å². The zero-order valence-electron chi connectivity index (χ0n) is 10.7. The number of nitrogens with two attached hydrogens (primary N) is 1. The fourth-order valence-electron chi connectivity index (χ4n) is 1.70. The minimum absolute atomic E-state index is 0.252. The number of nitrogens with zero attached hydrogens (tertiary/aromatic N) is 1. The second-order valence-electron chi connectivity index (χ2n) is 4.95. The molecule has 0 radical (unpaired) electrons. The molecule has 0 saturated heterocycles. The lowest BCUT2D eigenvalue weighted by atomic mass is 10.0. The van der Waals surface area contributed by atoms with Crippen molar-refractivity contribution in [1.82, 2.24) is 4.98 Å². The number of rotatable bonds is 6. The van der Waals surface area contributed by atoms with Crippen LogP contribution in [0.3, 0.4) is 0 Å². The van der Waals surface area contributed by atoms with Gasteiger partial charge in [-0.05, 0) is 36.8 Å². The minimum Gasteiger partial charge on any atom is -0.327 e. The molecule has 0 fully saturated rings. The summed E-state index contributed by atoms with van der Waals surface area (Å²) in [6, 6.07) is 4.51. The first-order valence-electron chi connectivity index (χ1n) is 6.31. The van der Waals surface area contributed by atoms with Crippen LogP contribution in [0.25, 0.3) is 0 Å². The zero-order valence-corrected chi connectivity index (χ0v) is 10.7. The van der Waals surface area contributed by atoms with Gasteiger partial charge in [-0.3, -0.25) is 4.98 Å². The molecule has 2 N–H and O–H groups in total. The van der Waals surface area contributed by atoms with Crippen molar-refractivity contribution in [2.24, 2.45) is 11.7 Å². The number of hydrogen-bond donors (Lipinski definition) is 1. The van der Waals surface area contributed by atoms with E-state index in [9.17, 15) is 0 Å². The predicted molar refractivity (Wildman–Crippen MR) is 69.4 cm³/mol. The summed E-state index contributed by atoms with van der Waals surface area (Å²) in [6.07, 6.45) is 6.21. The van der Waals surface area contributed by atoms with Gasteiger partial charge < -0.3 is 5.73 Å². The van der Waals surface area contributed by atoms with Gasteiger partial charge in [0.1, 0.15) is 0 Å². The fourth-order valence-corrected chi connectivity index (χ4v) is 1.70. The number of hydrogen-bond acceptors (Lipinski definition) is 2. The normalized spacial score (nSPS) is 13.1.